The van der Waals surface area contributed by atoms with Gasteiger partial charge in [-0.15, -0.1) is 24.8 Å². The van der Waals surface area contributed by atoms with Crippen molar-refractivity contribution in [1.82, 2.24) is 10.2 Å². The van der Waals surface area contributed by atoms with Gasteiger partial charge in [0.1, 0.15) is 0 Å². The number of hydrogen-bond acceptors (Lipinski definition) is 4. The van der Waals surface area contributed by atoms with Gasteiger partial charge in [0.2, 0.25) is 5.91 Å². The van der Waals surface area contributed by atoms with Crippen LogP contribution in [0.5, 0.6) is 0 Å². The summed E-state index contributed by atoms with van der Waals surface area (Å²) in [7, 11) is 0. The van der Waals surface area contributed by atoms with Gasteiger partial charge in [-0.3, -0.25) is 9.69 Å². The number of nitrogens with zero attached hydrogens (tertiary/aromatic N) is 1. The van der Waals surface area contributed by atoms with Gasteiger partial charge in [0, 0.05) is 25.7 Å². The lowest BCUT2D eigenvalue weighted by molar-refractivity contribution is -0.126. The molecular weight excluding hydrogens is 409 g/mol. The molecule has 1 aliphatic heterocycles. The molecule has 7 heteroatoms. The molecule has 0 saturated carbocycles. The van der Waals surface area contributed by atoms with Crippen LogP contribution in [0.4, 0.5) is 0 Å². The first-order valence-corrected chi connectivity index (χ1v) is 9.61. The highest BCUT2D eigenvalue weighted by molar-refractivity contribution is 5.85. The van der Waals surface area contributed by atoms with Crippen molar-refractivity contribution in [2.45, 2.75) is 19.0 Å². The van der Waals surface area contributed by atoms with Crippen LogP contribution < -0.4 is 11.1 Å². The molecule has 3 unspecified atom stereocenters. The van der Waals surface area contributed by atoms with Crippen molar-refractivity contribution in [1.29, 1.82) is 0 Å². The Labute approximate surface area is 185 Å². The van der Waals surface area contributed by atoms with Crippen molar-refractivity contribution >= 4 is 30.7 Å². The maximum absolute atomic E-state index is 12.9. The van der Waals surface area contributed by atoms with E-state index in [9.17, 15) is 4.79 Å². The van der Waals surface area contributed by atoms with Gasteiger partial charge in [-0.1, -0.05) is 67.6 Å². The molecule has 0 bridgehead atoms. The van der Waals surface area contributed by atoms with E-state index in [-0.39, 0.29) is 48.7 Å². The van der Waals surface area contributed by atoms with Crippen molar-refractivity contribution in [2.24, 2.45) is 11.7 Å². The summed E-state index contributed by atoms with van der Waals surface area (Å²) in [6.07, 6.45) is 0. The number of nitrogens with two attached hydrogens (primary N) is 1. The molecule has 3 rings (SSSR count). The number of carbonyl (C=O) groups is 1. The fourth-order valence-corrected chi connectivity index (χ4v) is 3.39. The third-order valence-electron chi connectivity index (χ3n) is 5.20. The van der Waals surface area contributed by atoms with E-state index in [0.29, 0.717) is 0 Å². The standard InChI is InChI=1S/C22H29N3O2.2ClH/c1-17(21(23)19-10-6-3-7-11-19)22(26)24-20(18-8-4-2-5-9-18)16-25-12-14-27-15-13-25;;/h2-11,17,20-21H,12-16,23H2,1H3,(H,24,26);2*1H. The summed E-state index contributed by atoms with van der Waals surface area (Å²) in [6, 6.07) is 19.5. The zero-order valence-electron chi connectivity index (χ0n) is 16.7. The number of amides is 1. The van der Waals surface area contributed by atoms with Gasteiger partial charge in [0.05, 0.1) is 25.2 Å². The highest BCUT2D eigenvalue weighted by Gasteiger charge is 2.26. The molecule has 2 aromatic rings. The quantitative estimate of drug-likeness (QED) is 0.693. The molecule has 0 spiro atoms. The van der Waals surface area contributed by atoms with Gasteiger partial charge >= 0.3 is 0 Å². The molecular formula is C22H31Cl2N3O2. The molecule has 1 amide bonds. The largest absolute Gasteiger partial charge is 0.379 e. The molecule has 1 fully saturated rings. The summed E-state index contributed by atoms with van der Waals surface area (Å²) in [5, 5.41) is 3.23. The maximum atomic E-state index is 12.9. The highest BCUT2D eigenvalue weighted by Crippen LogP contribution is 2.21. The Bertz CT molecular complexity index is 713. The summed E-state index contributed by atoms with van der Waals surface area (Å²) in [4.78, 5) is 15.3. The lowest BCUT2D eigenvalue weighted by Crippen LogP contribution is -2.45. The van der Waals surface area contributed by atoms with Crippen LogP contribution >= 0.6 is 24.8 Å². The normalized spacial score (nSPS) is 17.2. The van der Waals surface area contributed by atoms with E-state index in [1.54, 1.807) is 0 Å². The fraction of sp³-hybridized carbons (Fsp3) is 0.409. The predicted octanol–water partition coefficient (Wildman–Crippen LogP) is 3.36. The second kappa shape index (κ2) is 12.8. The third-order valence-corrected chi connectivity index (χ3v) is 5.20. The van der Waals surface area contributed by atoms with Gasteiger partial charge in [0.25, 0.3) is 0 Å². The van der Waals surface area contributed by atoms with E-state index in [2.05, 4.69) is 22.3 Å². The zero-order chi connectivity index (χ0) is 19.1. The third kappa shape index (κ3) is 7.28. The highest BCUT2D eigenvalue weighted by atomic mass is 35.5. The summed E-state index contributed by atoms with van der Waals surface area (Å²) in [5.41, 5.74) is 8.44. The first-order valence-electron chi connectivity index (χ1n) is 9.61. The number of ether oxygens (including phenoxy) is 1. The zero-order valence-corrected chi connectivity index (χ0v) is 18.3. The average molecular weight is 440 g/mol. The van der Waals surface area contributed by atoms with Crippen LogP contribution in [0.25, 0.3) is 0 Å². The van der Waals surface area contributed by atoms with E-state index in [1.165, 1.54) is 0 Å². The van der Waals surface area contributed by atoms with Crippen molar-refractivity contribution in [2.75, 3.05) is 32.8 Å². The van der Waals surface area contributed by atoms with Gasteiger partial charge in [0.15, 0.2) is 0 Å². The Morgan fingerprint density at radius 1 is 1.00 bits per heavy atom. The summed E-state index contributed by atoms with van der Waals surface area (Å²) in [6.45, 7) is 5.92. The summed E-state index contributed by atoms with van der Waals surface area (Å²) in [5.74, 6) is -0.336. The number of rotatable bonds is 7. The molecule has 1 aliphatic rings. The van der Waals surface area contributed by atoms with Crippen molar-refractivity contribution in [3.63, 3.8) is 0 Å². The lowest BCUT2D eigenvalue weighted by atomic mass is 9.94. The van der Waals surface area contributed by atoms with E-state index < -0.39 is 0 Å². The van der Waals surface area contributed by atoms with Crippen molar-refractivity contribution < 1.29 is 9.53 Å². The number of hydrogen-bond donors (Lipinski definition) is 2. The molecule has 3 atom stereocenters. The van der Waals surface area contributed by atoms with Gasteiger partial charge < -0.3 is 15.8 Å². The van der Waals surface area contributed by atoms with E-state index in [4.69, 9.17) is 10.5 Å². The monoisotopic (exact) mass is 439 g/mol. The number of benzene rings is 2. The Hall–Kier alpha value is -1.63. The fourth-order valence-electron chi connectivity index (χ4n) is 3.39. The average Bonchev–Trinajstić information content (AvgIpc) is 2.74. The van der Waals surface area contributed by atoms with Crippen LogP contribution in [0.15, 0.2) is 60.7 Å². The molecule has 1 saturated heterocycles. The number of carbonyl (C=O) groups excluding carboxylic acids is 1. The minimum absolute atomic E-state index is 0. The Morgan fingerprint density at radius 2 is 1.52 bits per heavy atom. The van der Waals surface area contributed by atoms with Crippen LogP contribution in [0.2, 0.25) is 0 Å². The second-order valence-corrected chi connectivity index (χ2v) is 7.11. The van der Waals surface area contributed by atoms with Crippen molar-refractivity contribution in [3.05, 3.63) is 71.8 Å². The molecule has 29 heavy (non-hydrogen) atoms. The minimum atomic E-state index is -0.328. The van der Waals surface area contributed by atoms with E-state index >= 15 is 0 Å². The summed E-state index contributed by atoms with van der Waals surface area (Å²) >= 11 is 0. The molecule has 2 aromatic carbocycles. The topological polar surface area (TPSA) is 67.6 Å². The maximum Gasteiger partial charge on any atom is 0.225 e. The van der Waals surface area contributed by atoms with E-state index in [0.717, 1.165) is 44.0 Å². The van der Waals surface area contributed by atoms with Crippen LogP contribution in [-0.2, 0) is 9.53 Å². The van der Waals surface area contributed by atoms with E-state index in [1.807, 2.05) is 55.5 Å². The first-order chi connectivity index (χ1) is 13.1. The van der Waals surface area contributed by atoms with Gasteiger partial charge in [-0.25, -0.2) is 0 Å². The molecule has 1 heterocycles. The molecule has 0 radical (unpaired) electrons. The molecule has 0 aromatic heterocycles. The molecule has 3 N–H and O–H groups in total. The molecule has 0 aliphatic carbocycles. The molecule has 160 valence electrons. The molecule has 5 nitrogen and oxygen atoms in total. The SMILES string of the molecule is CC(C(=O)NC(CN1CCOCC1)c1ccccc1)C(N)c1ccccc1.Cl.Cl. The van der Waals surface area contributed by atoms with Crippen LogP contribution in [0.1, 0.15) is 30.1 Å². The summed E-state index contributed by atoms with van der Waals surface area (Å²) < 4.78 is 5.44. The Kier molecular flexibility index (Phi) is 11.2. The second-order valence-electron chi connectivity index (χ2n) is 7.11. The minimum Gasteiger partial charge on any atom is -0.379 e. The van der Waals surface area contributed by atoms with Gasteiger partial charge in [-0.2, -0.15) is 0 Å². The first kappa shape index (κ1) is 25.4. The van der Waals surface area contributed by atoms with Crippen LogP contribution in [0.3, 0.4) is 0 Å². The smallest absolute Gasteiger partial charge is 0.225 e. The van der Waals surface area contributed by atoms with Gasteiger partial charge in [-0.05, 0) is 11.1 Å². The number of morpholine rings is 1. The predicted molar refractivity (Wildman–Crippen MR) is 122 cm³/mol. The number of nitrogens with one attached hydrogen (secondary N) is 1. The lowest BCUT2D eigenvalue weighted by Gasteiger charge is -2.32. The Morgan fingerprint density at radius 3 is 2.07 bits per heavy atom. The van der Waals surface area contributed by atoms with Crippen LogP contribution in [0, 0.1) is 5.92 Å². The Balaban J connectivity index is 0.00000210. The number of halogens is 2. The van der Waals surface area contributed by atoms with Crippen LogP contribution in [-0.4, -0.2) is 43.7 Å². The van der Waals surface area contributed by atoms with Crippen molar-refractivity contribution in [3.8, 4) is 0 Å².